The lowest BCUT2D eigenvalue weighted by Gasteiger charge is -2.38. The van der Waals surface area contributed by atoms with Crippen LogP contribution < -0.4 is 5.32 Å². The van der Waals surface area contributed by atoms with E-state index in [9.17, 15) is 5.26 Å². The van der Waals surface area contributed by atoms with Crippen molar-refractivity contribution in [2.75, 3.05) is 6.54 Å². The molecule has 0 aliphatic heterocycles. The standard InChI is InChI=1S/C12H18N2/c1-4-7-14-12(9-13)6-5-10(2)11(3)8-12/h1,10-11,14H,5-8H2,2-3H3. The normalized spacial score (nSPS) is 37.1. The van der Waals surface area contributed by atoms with E-state index in [2.05, 4.69) is 31.2 Å². The Labute approximate surface area is 86.7 Å². The van der Waals surface area contributed by atoms with Gasteiger partial charge in [-0.2, -0.15) is 5.26 Å². The van der Waals surface area contributed by atoms with E-state index < -0.39 is 0 Å². The molecule has 0 heterocycles. The lowest BCUT2D eigenvalue weighted by atomic mass is 9.72. The fourth-order valence-corrected chi connectivity index (χ4v) is 2.13. The van der Waals surface area contributed by atoms with E-state index in [4.69, 9.17) is 6.42 Å². The highest BCUT2D eigenvalue weighted by Crippen LogP contribution is 2.35. The van der Waals surface area contributed by atoms with Gasteiger partial charge in [-0.1, -0.05) is 19.8 Å². The zero-order valence-electron chi connectivity index (χ0n) is 9.01. The molecule has 3 unspecified atom stereocenters. The molecule has 1 fully saturated rings. The van der Waals surface area contributed by atoms with Gasteiger partial charge in [-0.25, -0.2) is 0 Å². The topological polar surface area (TPSA) is 35.8 Å². The largest absolute Gasteiger partial charge is 0.288 e. The molecule has 0 amide bonds. The van der Waals surface area contributed by atoms with Crippen LogP contribution in [0.2, 0.25) is 0 Å². The fraction of sp³-hybridized carbons (Fsp3) is 0.750. The number of nitrogens with one attached hydrogen (secondary N) is 1. The van der Waals surface area contributed by atoms with Crippen LogP contribution in [0.25, 0.3) is 0 Å². The van der Waals surface area contributed by atoms with Gasteiger partial charge < -0.3 is 0 Å². The van der Waals surface area contributed by atoms with Gasteiger partial charge >= 0.3 is 0 Å². The summed E-state index contributed by atoms with van der Waals surface area (Å²) in [5, 5.41) is 12.4. The molecule has 2 nitrogen and oxygen atoms in total. The number of rotatable bonds is 2. The molecule has 76 valence electrons. The predicted molar refractivity (Wildman–Crippen MR) is 57.4 cm³/mol. The van der Waals surface area contributed by atoms with Crippen LogP contribution in [0.3, 0.4) is 0 Å². The zero-order chi connectivity index (χ0) is 10.6. The molecule has 1 N–H and O–H groups in total. The number of hydrogen-bond acceptors (Lipinski definition) is 2. The molecular weight excluding hydrogens is 172 g/mol. The maximum atomic E-state index is 9.19. The number of hydrogen-bond donors (Lipinski definition) is 1. The van der Waals surface area contributed by atoms with Crippen LogP contribution in [-0.4, -0.2) is 12.1 Å². The average molecular weight is 190 g/mol. The SMILES string of the molecule is C#CCNC1(C#N)CCC(C)C(C)C1. The summed E-state index contributed by atoms with van der Waals surface area (Å²) in [6.07, 6.45) is 8.17. The average Bonchev–Trinajstić information content (AvgIpc) is 2.20. The molecule has 0 bridgehead atoms. The Morgan fingerprint density at radius 1 is 1.50 bits per heavy atom. The van der Waals surface area contributed by atoms with E-state index in [0.29, 0.717) is 12.5 Å². The number of nitriles is 1. The van der Waals surface area contributed by atoms with Crippen LogP contribution in [-0.2, 0) is 0 Å². The minimum Gasteiger partial charge on any atom is -0.288 e. The monoisotopic (exact) mass is 190 g/mol. The summed E-state index contributed by atoms with van der Waals surface area (Å²) >= 11 is 0. The molecule has 2 heteroatoms. The minimum atomic E-state index is -0.363. The van der Waals surface area contributed by atoms with E-state index >= 15 is 0 Å². The summed E-state index contributed by atoms with van der Waals surface area (Å²) in [5.74, 6) is 3.87. The molecule has 1 aliphatic carbocycles. The Balaban J connectivity index is 2.64. The minimum absolute atomic E-state index is 0.363. The van der Waals surface area contributed by atoms with Crippen LogP contribution >= 0.6 is 0 Å². The van der Waals surface area contributed by atoms with Crippen LogP contribution in [0.1, 0.15) is 33.1 Å². The van der Waals surface area contributed by atoms with Crippen molar-refractivity contribution >= 4 is 0 Å². The molecule has 14 heavy (non-hydrogen) atoms. The summed E-state index contributed by atoms with van der Waals surface area (Å²) < 4.78 is 0. The first-order valence-corrected chi connectivity index (χ1v) is 5.23. The van der Waals surface area contributed by atoms with Gasteiger partial charge in [0.1, 0.15) is 5.54 Å². The van der Waals surface area contributed by atoms with Gasteiger partial charge in [0, 0.05) is 0 Å². The summed E-state index contributed by atoms with van der Waals surface area (Å²) in [6, 6.07) is 2.40. The van der Waals surface area contributed by atoms with E-state index in [-0.39, 0.29) is 5.54 Å². The van der Waals surface area contributed by atoms with Crippen molar-refractivity contribution < 1.29 is 0 Å². The molecule has 1 aliphatic rings. The Bertz CT molecular complexity index is 271. The summed E-state index contributed by atoms with van der Waals surface area (Å²) in [7, 11) is 0. The highest BCUT2D eigenvalue weighted by atomic mass is 15.0. The van der Waals surface area contributed by atoms with Crippen LogP contribution in [0.15, 0.2) is 0 Å². The highest BCUT2D eigenvalue weighted by molar-refractivity contribution is 5.11. The molecule has 0 saturated heterocycles. The van der Waals surface area contributed by atoms with Gasteiger partial charge in [-0.15, -0.1) is 6.42 Å². The van der Waals surface area contributed by atoms with Crippen molar-refractivity contribution in [2.24, 2.45) is 11.8 Å². The van der Waals surface area contributed by atoms with Gasteiger partial charge in [0.15, 0.2) is 0 Å². The fourth-order valence-electron chi connectivity index (χ4n) is 2.13. The first-order chi connectivity index (χ1) is 6.63. The Kier molecular flexibility index (Phi) is 3.55. The molecular formula is C12H18N2. The molecule has 1 saturated carbocycles. The van der Waals surface area contributed by atoms with Crippen LogP contribution in [0.5, 0.6) is 0 Å². The van der Waals surface area contributed by atoms with Gasteiger partial charge in [0.25, 0.3) is 0 Å². The Morgan fingerprint density at radius 3 is 2.71 bits per heavy atom. The van der Waals surface area contributed by atoms with Crippen molar-refractivity contribution in [1.82, 2.24) is 5.32 Å². The lowest BCUT2D eigenvalue weighted by molar-refractivity contribution is 0.187. The van der Waals surface area contributed by atoms with Crippen molar-refractivity contribution in [2.45, 2.75) is 38.6 Å². The second kappa shape index (κ2) is 4.49. The van der Waals surface area contributed by atoms with Crippen molar-refractivity contribution in [1.29, 1.82) is 5.26 Å². The molecule has 0 aromatic heterocycles. The van der Waals surface area contributed by atoms with Gasteiger partial charge in [0.2, 0.25) is 0 Å². The second-order valence-corrected chi connectivity index (χ2v) is 4.45. The van der Waals surface area contributed by atoms with Crippen molar-refractivity contribution in [3.8, 4) is 18.4 Å². The van der Waals surface area contributed by atoms with E-state index in [1.54, 1.807) is 0 Å². The summed E-state index contributed by atoms with van der Waals surface area (Å²) in [6.45, 7) is 4.97. The third-order valence-electron chi connectivity index (χ3n) is 3.41. The van der Waals surface area contributed by atoms with Gasteiger partial charge in [-0.3, -0.25) is 5.32 Å². The molecule has 1 rings (SSSR count). The number of nitrogens with zero attached hydrogens (tertiary/aromatic N) is 1. The van der Waals surface area contributed by atoms with E-state index in [0.717, 1.165) is 25.2 Å². The van der Waals surface area contributed by atoms with E-state index in [1.165, 1.54) is 0 Å². The molecule has 0 aromatic carbocycles. The third-order valence-corrected chi connectivity index (χ3v) is 3.41. The molecule has 0 radical (unpaired) electrons. The lowest BCUT2D eigenvalue weighted by Crippen LogP contribution is -2.48. The summed E-state index contributed by atoms with van der Waals surface area (Å²) in [5.41, 5.74) is -0.363. The first kappa shape index (κ1) is 11.1. The maximum Gasteiger partial charge on any atom is 0.107 e. The highest BCUT2D eigenvalue weighted by Gasteiger charge is 2.37. The van der Waals surface area contributed by atoms with Crippen molar-refractivity contribution in [3.05, 3.63) is 0 Å². The molecule has 0 spiro atoms. The predicted octanol–water partition coefficient (Wildman–Crippen LogP) is 1.93. The Hall–Kier alpha value is -0.990. The van der Waals surface area contributed by atoms with Gasteiger partial charge in [-0.05, 0) is 31.1 Å². The third kappa shape index (κ3) is 2.28. The number of terminal acetylenes is 1. The smallest absolute Gasteiger partial charge is 0.107 e. The molecule has 3 atom stereocenters. The first-order valence-electron chi connectivity index (χ1n) is 5.23. The van der Waals surface area contributed by atoms with Crippen molar-refractivity contribution in [3.63, 3.8) is 0 Å². The quantitative estimate of drug-likeness (QED) is 0.675. The van der Waals surface area contributed by atoms with Crippen LogP contribution in [0, 0.1) is 35.5 Å². The second-order valence-electron chi connectivity index (χ2n) is 4.45. The van der Waals surface area contributed by atoms with E-state index in [1.807, 2.05) is 0 Å². The maximum absolute atomic E-state index is 9.19. The Morgan fingerprint density at radius 2 is 2.21 bits per heavy atom. The summed E-state index contributed by atoms with van der Waals surface area (Å²) in [4.78, 5) is 0. The van der Waals surface area contributed by atoms with Gasteiger partial charge in [0.05, 0.1) is 12.6 Å². The zero-order valence-corrected chi connectivity index (χ0v) is 9.01. The van der Waals surface area contributed by atoms with Crippen LogP contribution in [0.4, 0.5) is 0 Å². The molecule has 0 aromatic rings.